The molecule has 2 atom stereocenters. The van der Waals surface area contributed by atoms with Gasteiger partial charge in [0.05, 0.1) is 6.04 Å². The maximum absolute atomic E-state index is 13.0. The number of hydrogen-bond acceptors (Lipinski definition) is 5. The zero-order valence-corrected chi connectivity index (χ0v) is 15.8. The van der Waals surface area contributed by atoms with E-state index in [-0.39, 0.29) is 6.04 Å². The number of thiazole rings is 1. The van der Waals surface area contributed by atoms with E-state index in [2.05, 4.69) is 33.5 Å². The summed E-state index contributed by atoms with van der Waals surface area (Å²) in [5.41, 5.74) is 0. The molecule has 3 rings (SSSR count). The Bertz CT molecular complexity index is 521. The van der Waals surface area contributed by atoms with E-state index < -0.39 is 0 Å². The predicted molar refractivity (Wildman–Crippen MR) is 99.6 cm³/mol. The standard InChI is InChI=1S/C18H30N4OS/c1-3-16-7-4-5-11-22(16)17(23)15(2)20-9-6-10-21(13-12-20)18-19-8-14-24-18/h8,14-16H,3-7,9-13H2,1-2H3. The van der Waals surface area contributed by atoms with Crippen molar-refractivity contribution in [3.8, 4) is 0 Å². The van der Waals surface area contributed by atoms with Gasteiger partial charge in [0.15, 0.2) is 5.13 Å². The average molecular weight is 351 g/mol. The van der Waals surface area contributed by atoms with E-state index in [1.807, 2.05) is 11.6 Å². The molecule has 0 aromatic carbocycles. The highest BCUT2D eigenvalue weighted by molar-refractivity contribution is 7.13. The summed E-state index contributed by atoms with van der Waals surface area (Å²) in [6, 6.07) is 0.445. The molecule has 2 unspecified atom stereocenters. The molecule has 2 fully saturated rings. The highest BCUT2D eigenvalue weighted by atomic mass is 32.1. The topological polar surface area (TPSA) is 39.7 Å². The van der Waals surface area contributed by atoms with Crippen LogP contribution < -0.4 is 4.90 Å². The lowest BCUT2D eigenvalue weighted by Gasteiger charge is -2.39. The maximum Gasteiger partial charge on any atom is 0.239 e. The van der Waals surface area contributed by atoms with Crippen molar-refractivity contribution in [1.29, 1.82) is 0 Å². The van der Waals surface area contributed by atoms with Crippen LogP contribution in [0.15, 0.2) is 11.6 Å². The smallest absolute Gasteiger partial charge is 0.239 e. The molecule has 1 aromatic rings. The Labute approximate surface area is 149 Å². The maximum atomic E-state index is 13.0. The van der Waals surface area contributed by atoms with Crippen molar-refractivity contribution in [2.75, 3.05) is 37.6 Å². The second-order valence-corrected chi connectivity index (χ2v) is 7.83. The van der Waals surface area contributed by atoms with Gasteiger partial charge in [-0.3, -0.25) is 9.69 Å². The molecule has 0 saturated carbocycles. The third kappa shape index (κ3) is 3.91. The van der Waals surface area contributed by atoms with Crippen LogP contribution in [-0.4, -0.2) is 65.5 Å². The van der Waals surface area contributed by atoms with Crippen molar-refractivity contribution in [2.45, 2.75) is 58.0 Å². The van der Waals surface area contributed by atoms with E-state index in [9.17, 15) is 4.79 Å². The van der Waals surface area contributed by atoms with E-state index in [0.29, 0.717) is 11.9 Å². The van der Waals surface area contributed by atoms with Crippen molar-refractivity contribution in [2.24, 2.45) is 0 Å². The van der Waals surface area contributed by atoms with Gasteiger partial charge in [0.1, 0.15) is 0 Å². The zero-order chi connectivity index (χ0) is 16.9. The monoisotopic (exact) mass is 350 g/mol. The van der Waals surface area contributed by atoms with Crippen LogP contribution in [0.3, 0.4) is 0 Å². The van der Waals surface area contributed by atoms with Crippen LogP contribution in [0.2, 0.25) is 0 Å². The number of carbonyl (C=O) groups excluding carboxylic acids is 1. The summed E-state index contributed by atoms with van der Waals surface area (Å²) in [5.74, 6) is 0.337. The average Bonchev–Trinajstić information content (AvgIpc) is 3.05. The van der Waals surface area contributed by atoms with E-state index >= 15 is 0 Å². The minimum atomic E-state index is -0.00612. The molecular formula is C18H30N4OS. The molecule has 0 radical (unpaired) electrons. The van der Waals surface area contributed by atoms with Crippen LogP contribution in [-0.2, 0) is 4.79 Å². The van der Waals surface area contributed by atoms with Gasteiger partial charge in [0.25, 0.3) is 0 Å². The lowest BCUT2D eigenvalue weighted by atomic mass is 9.99. The van der Waals surface area contributed by atoms with Gasteiger partial charge >= 0.3 is 0 Å². The highest BCUT2D eigenvalue weighted by Gasteiger charge is 2.32. The summed E-state index contributed by atoms with van der Waals surface area (Å²) in [6.07, 6.45) is 7.64. The Balaban J connectivity index is 1.60. The molecule has 2 aliphatic heterocycles. The second-order valence-electron chi connectivity index (χ2n) is 6.96. The normalized spacial score (nSPS) is 24.7. The van der Waals surface area contributed by atoms with Crippen LogP contribution in [0.1, 0.15) is 46.0 Å². The number of amides is 1. The quantitative estimate of drug-likeness (QED) is 0.837. The Morgan fingerprint density at radius 3 is 2.88 bits per heavy atom. The zero-order valence-electron chi connectivity index (χ0n) is 15.0. The molecule has 134 valence electrons. The first-order valence-electron chi connectivity index (χ1n) is 9.39. The first-order valence-corrected chi connectivity index (χ1v) is 10.3. The largest absolute Gasteiger partial charge is 0.347 e. The molecule has 24 heavy (non-hydrogen) atoms. The van der Waals surface area contributed by atoms with Gasteiger partial charge in [0.2, 0.25) is 5.91 Å². The van der Waals surface area contributed by atoms with Gasteiger partial charge in [-0.2, -0.15) is 0 Å². The SMILES string of the molecule is CCC1CCCCN1C(=O)C(C)N1CCCN(c2nccs2)CC1. The van der Waals surface area contributed by atoms with Crippen LogP contribution in [0.5, 0.6) is 0 Å². The molecule has 2 aliphatic rings. The fourth-order valence-electron chi connectivity index (χ4n) is 4.00. The number of rotatable bonds is 4. The van der Waals surface area contributed by atoms with Crippen molar-refractivity contribution < 1.29 is 4.79 Å². The summed E-state index contributed by atoms with van der Waals surface area (Å²) in [7, 11) is 0. The number of hydrogen-bond donors (Lipinski definition) is 0. The number of anilines is 1. The molecule has 1 amide bonds. The fourth-order valence-corrected chi connectivity index (χ4v) is 4.70. The Hall–Kier alpha value is -1.14. The number of carbonyl (C=O) groups is 1. The molecule has 2 saturated heterocycles. The summed E-state index contributed by atoms with van der Waals surface area (Å²) >= 11 is 1.70. The Kier molecular flexibility index (Phi) is 6.11. The summed E-state index contributed by atoms with van der Waals surface area (Å²) in [6.45, 7) is 9.19. The van der Waals surface area contributed by atoms with Gasteiger partial charge in [-0.25, -0.2) is 4.98 Å². The van der Waals surface area contributed by atoms with E-state index in [1.54, 1.807) is 11.3 Å². The van der Waals surface area contributed by atoms with E-state index in [0.717, 1.165) is 57.1 Å². The Morgan fingerprint density at radius 1 is 1.25 bits per heavy atom. The molecule has 0 spiro atoms. The number of nitrogens with zero attached hydrogens (tertiary/aromatic N) is 4. The first-order chi connectivity index (χ1) is 11.7. The van der Waals surface area contributed by atoms with Crippen molar-refractivity contribution in [1.82, 2.24) is 14.8 Å². The summed E-state index contributed by atoms with van der Waals surface area (Å²) in [5, 5.41) is 3.14. The number of aromatic nitrogens is 1. The van der Waals surface area contributed by atoms with E-state index in [4.69, 9.17) is 0 Å². The molecule has 5 nitrogen and oxygen atoms in total. The summed E-state index contributed by atoms with van der Waals surface area (Å²) < 4.78 is 0. The van der Waals surface area contributed by atoms with Crippen LogP contribution >= 0.6 is 11.3 Å². The molecule has 6 heteroatoms. The van der Waals surface area contributed by atoms with Crippen LogP contribution in [0.25, 0.3) is 0 Å². The minimum Gasteiger partial charge on any atom is -0.347 e. The molecule has 3 heterocycles. The molecule has 0 bridgehead atoms. The lowest BCUT2D eigenvalue weighted by Crippen LogP contribution is -2.52. The molecule has 0 N–H and O–H groups in total. The molecule has 0 aliphatic carbocycles. The summed E-state index contributed by atoms with van der Waals surface area (Å²) in [4.78, 5) is 24.4. The van der Waals surface area contributed by atoms with Gasteiger partial charge in [-0.05, 0) is 39.0 Å². The van der Waals surface area contributed by atoms with Gasteiger partial charge < -0.3 is 9.80 Å². The minimum absolute atomic E-state index is 0.00612. The van der Waals surface area contributed by atoms with Crippen LogP contribution in [0.4, 0.5) is 5.13 Å². The molecule has 1 aromatic heterocycles. The van der Waals surface area contributed by atoms with Gasteiger partial charge in [-0.15, -0.1) is 11.3 Å². The number of piperidine rings is 1. The number of likely N-dealkylation sites (tertiary alicyclic amines) is 1. The Morgan fingerprint density at radius 2 is 2.12 bits per heavy atom. The predicted octanol–water partition coefficient (Wildman–Crippen LogP) is 2.83. The lowest BCUT2D eigenvalue weighted by molar-refractivity contribution is -0.140. The second kappa shape index (κ2) is 8.30. The third-order valence-corrected chi connectivity index (χ3v) is 6.34. The van der Waals surface area contributed by atoms with Crippen molar-refractivity contribution in [3.63, 3.8) is 0 Å². The van der Waals surface area contributed by atoms with Gasteiger partial charge in [0, 0.05) is 50.3 Å². The van der Waals surface area contributed by atoms with Crippen molar-refractivity contribution in [3.05, 3.63) is 11.6 Å². The van der Waals surface area contributed by atoms with Crippen molar-refractivity contribution >= 4 is 22.4 Å². The van der Waals surface area contributed by atoms with Crippen LogP contribution in [0, 0.1) is 0 Å². The third-order valence-electron chi connectivity index (χ3n) is 5.51. The highest BCUT2D eigenvalue weighted by Crippen LogP contribution is 2.23. The molecular weight excluding hydrogens is 320 g/mol. The van der Waals surface area contributed by atoms with Gasteiger partial charge in [-0.1, -0.05) is 6.92 Å². The fraction of sp³-hybridized carbons (Fsp3) is 0.778. The van der Waals surface area contributed by atoms with E-state index in [1.165, 1.54) is 12.8 Å². The first kappa shape index (κ1) is 17.7.